The molecule has 20 heteroatoms. The van der Waals surface area contributed by atoms with Crippen molar-refractivity contribution in [1.29, 1.82) is 0 Å². The molecule has 3 atom stereocenters. The van der Waals surface area contributed by atoms with Crippen LogP contribution >= 0.6 is 0 Å². The van der Waals surface area contributed by atoms with E-state index in [0.29, 0.717) is 64.1 Å². The second-order valence-corrected chi connectivity index (χ2v) is 15.0. The second-order valence-electron chi connectivity index (χ2n) is 15.0. The molecule has 3 unspecified atom stereocenters. The summed E-state index contributed by atoms with van der Waals surface area (Å²) in [7, 11) is 2.60. The number of amides is 3. The summed E-state index contributed by atoms with van der Waals surface area (Å²) in [5.41, 5.74) is 1.47. The van der Waals surface area contributed by atoms with Crippen molar-refractivity contribution < 1.29 is 64.1 Å². The lowest BCUT2D eigenvalue weighted by Gasteiger charge is -2.37. The Balaban J connectivity index is 2.43. The molecule has 0 fully saturated rings. The molecule has 2 heterocycles. The summed E-state index contributed by atoms with van der Waals surface area (Å²) in [6.07, 6.45) is 2.61. The van der Waals surface area contributed by atoms with Gasteiger partial charge >= 0.3 is 11.9 Å². The molecule has 60 heavy (non-hydrogen) atoms. The van der Waals surface area contributed by atoms with Crippen molar-refractivity contribution in [1.82, 2.24) is 35.6 Å². The highest BCUT2D eigenvalue weighted by Crippen LogP contribution is 2.19. The van der Waals surface area contributed by atoms with Crippen LogP contribution in [0, 0.1) is 17.8 Å². The van der Waals surface area contributed by atoms with Crippen LogP contribution in [-0.4, -0.2) is 198 Å². The SMILES string of the molecule is COC(=O)C(CCCNC(=O)C(CO)CO)N1CCN(C(C)CCCNC(=O)C(CO)CO)Cc2cccc(n2)CN(C(CCCNC(=O)C(CO)CO)C(=O)OC)CC1. The van der Waals surface area contributed by atoms with E-state index >= 15 is 0 Å². The van der Waals surface area contributed by atoms with E-state index in [1.165, 1.54) is 14.2 Å². The Hall–Kier alpha value is -3.86. The first-order valence-corrected chi connectivity index (χ1v) is 20.7. The quantitative estimate of drug-likeness (QED) is 0.0331. The largest absolute Gasteiger partial charge is 0.468 e. The number of pyridine rings is 1. The number of rotatable bonds is 26. The number of esters is 2. The van der Waals surface area contributed by atoms with E-state index in [2.05, 4.69) is 27.8 Å². The van der Waals surface area contributed by atoms with E-state index in [0.717, 1.165) is 5.69 Å². The fraction of sp³-hybridized carbons (Fsp3) is 0.750. The van der Waals surface area contributed by atoms with Gasteiger partial charge in [-0.1, -0.05) is 6.07 Å². The Morgan fingerprint density at radius 3 is 1.33 bits per heavy atom. The predicted octanol–water partition coefficient (Wildman–Crippen LogP) is -3.04. The van der Waals surface area contributed by atoms with Gasteiger partial charge in [0.05, 0.1) is 83.0 Å². The minimum absolute atomic E-state index is 0.00727. The maximum Gasteiger partial charge on any atom is 0.323 e. The lowest BCUT2D eigenvalue weighted by molar-refractivity contribution is -0.150. The molecule has 1 aliphatic heterocycles. The van der Waals surface area contributed by atoms with Gasteiger partial charge in [0, 0.05) is 64.9 Å². The molecule has 0 aliphatic carbocycles. The van der Waals surface area contributed by atoms with Gasteiger partial charge in [0.25, 0.3) is 0 Å². The first-order valence-electron chi connectivity index (χ1n) is 20.7. The Labute approximate surface area is 352 Å². The molecule has 342 valence electrons. The highest BCUT2D eigenvalue weighted by atomic mass is 16.5. The second kappa shape index (κ2) is 29.4. The van der Waals surface area contributed by atoms with Crippen molar-refractivity contribution in [2.75, 3.05) is 99.7 Å². The van der Waals surface area contributed by atoms with Gasteiger partial charge in [0.1, 0.15) is 12.1 Å². The van der Waals surface area contributed by atoms with E-state index in [-0.39, 0.29) is 45.1 Å². The molecule has 0 saturated heterocycles. The molecular weight excluding hydrogens is 786 g/mol. The van der Waals surface area contributed by atoms with Crippen molar-refractivity contribution >= 4 is 29.7 Å². The number of methoxy groups -OCH3 is 2. The molecular formula is C40H69N7O13. The standard InChI is InChI=1S/C40H69N7O13/c1-28(8-5-13-41-36(54)29(22-48)23-49)46-18-16-45(34(39(57)59-2)11-6-14-42-37(55)30(24-50)25-51)17-19-47(21-33-10-4-9-32(20-46)44-33)35(40(58)60-3)12-7-15-43-38(56)31(26-52)27-53/h4,9-10,28-31,34-35,48-53H,5-8,11-27H2,1-3H3,(H,41,54)(H,42,55)(H,43,56). The summed E-state index contributed by atoms with van der Waals surface area (Å²) in [6.45, 7) is 1.98. The minimum Gasteiger partial charge on any atom is -0.468 e. The Morgan fingerprint density at radius 1 is 0.583 bits per heavy atom. The van der Waals surface area contributed by atoms with Crippen LogP contribution in [-0.2, 0) is 46.5 Å². The van der Waals surface area contributed by atoms with Gasteiger partial charge in [-0.15, -0.1) is 0 Å². The van der Waals surface area contributed by atoms with Gasteiger partial charge < -0.3 is 56.1 Å². The van der Waals surface area contributed by atoms with Crippen LogP contribution in [0.25, 0.3) is 0 Å². The predicted molar refractivity (Wildman–Crippen MR) is 217 cm³/mol. The normalized spacial score (nSPS) is 16.1. The number of carbonyl (C=O) groups is 5. The average Bonchev–Trinajstić information content (AvgIpc) is 3.25. The van der Waals surface area contributed by atoms with Crippen molar-refractivity contribution in [2.24, 2.45) is 17.8 Å². The average molecular weight is 856 g/mol. The third-order valence-corrected chi connectivity index (χ3v) is 10.8. The van der Waals surface area contributed by atoms with E-state index in [4.69, 9.17) is 14.5 Å². The topological polar surface area (TPSA) is 284 Å². The lowest BCUT2D eigenvalue weighted by Crippen LogP contribution is -2.51. The van der Waals surface area contributed by atoms with Gasteiger partial charge in [-0.3, -0.25) is 43.7 Å². The van der Waals surface area contributed by atoms with E-state index in [9.17, 15) is 54.6 Å². The van der Waals surface area contributed by atoms with Crippen LogP contribution < -0.4 is 16.0 Å². The van der Waals surface area contributed by atoms with Crippen molar-refractivity contribution in [3.05, 3.63) is 29.6 Å². The smallest absolute Gasteiger partial charge is 0.323 e. The zero-order valence-corrected chi connectivity index (χ0v) is 35.4. The van der Waals surface area contributed by atoms with Gasteiger partial charge in [0.2, 0.25) is 17.7 Å². The number of nitrogens with one attached hydrogen (secondary N) is 3. The zero-order chi connectivity index (χ0) is 44.5. The van der Waals surface area contributed by atoms with E-state index < -0.39 is 99.1 Å². The maximum atomic E-state index is 13.5. The molecule has 0 aromatic carbocycles. The first kappa shape index (κ1) is 52.3. The lowest BCUT2D eigenvalue weighted by atomic mass is 10.1. The van der Waals surface area contributed by atoms with Crippen LogP contribution in [0.4, 0.5) is 0 Å². The summed E-state index contributed by atoms with van der Waals surface area (Å²) < 4.78 is 10.5. The first-order chi connectivity index (χ1) is 28.9. The van der Waals surface area contributed by atoms with Crippen LogP contribution in [0.5, 0.6) is 0 Å². The molecule has 1 aliphatic rings. The van der Waals surface area contributed by atoms with Crippen molar-refractivity contribution in [3.63, 3.8) is 0 Å². The number of hydrogen-bond donors (Lipinski definition) is 9. The maximum absolute atomic E-state index is 13.5. The third kappa shape index (κ3) is 17.6. The molecule has 2 rings (SSSR count). The van der Waals surface area contributed by atoms with Crippen molar-refractivity contribution in [3.8, 4) is 0 Å². The summed E-state index contributed by atoms with van der Waals surface area (Å²) >= 11 is 0. The van der Waals surface area contributed by atoms with Gasteiger partial charge in [-0.05, 0) is 57.6 Å². The molecule has 1 aromatic heterocycles. The number of nitrogens with zero attached hydrogens (tertiary/aromatic N) is 4. The Morgan fingerprint density at radius 2 is 0.933 bits per heavy atom. The minimum atomic E-state index is -0.962. The van der Waals surface area contributed by atoms with Crippen molar-refractivity contribution in [2.45, 2.75) is 76.7 Å². The molecule has 1 aromatic rings. The number of aliphatic hydroxyl groups excluding tert-OH is 6. The van der Waals surface area contributed by atoms with Gasteiger partial charge in [-0.2, -0.15) is 0 Å². The highest BCUT2D eigenvalue weighted by molar-refractivity contribution is 5.80. The summed E-state index contributed by atoms with van der Waals surface area (Å²) in [4.78, 5) is 75.1. The van der Waals surface area contributed by atoms with E-state index in [1.54, 1.807) is 0 Å². The monoisotopic (exact) mass is 855 g/mol. The highest BCUT2D eigenvalue weighted by Gasteiger charge is 2.32. The molecule has 20 nitrogen and oxygen atoms in total. The molecule has 0 radical (unpaired) electrons. The molecule has 0 saturated carbocycles. The number of carbonyl (C=O) groups excluding carboxylic acids is 5. The van der Waals surface area contributed by atoms with Crippen LogP contribution in [0.1, 0.15) is 56.8 Å². The number of ether oxygens (including phenoxy) is 2. The molecule has 9 N–H and O–H groups in total. The number of fused-ring (bicyclic) bond motifs is 2. The Kier molecular flexibility index (Phi) is 25.6. The van der Waals surface area contributed by atoms with E-state index in [1.807, 2.05) is 28.0 Å². The Bertz CT molecular complexity index is 1430. The van der Waals surface area contributed by atoms with Crippen LogP contribution in [0.3, 0.4) is 0 Å². The molecule has 3 amide bonds. The number of aromatic nitrogens is 1. The number of hydrogen-bond acceptors (Lipinski definition) is 17. The summed E-state index contributed by atoms with van der Waals surface area (Å²) in [5, 5.41) is 64.4. The van der Waals surface area contributed by atoms with Gasteiger partial charge in [0.15, 0.2) is 0 Å². The zero-order valence-electron chi connectivity index (χ0n) is 35.4. The summed E-state index contributed by atoms with van der Waals surface area (Å²) in [5.74, 6) is -5.22. The molecule has 0 spiro atoms. The number of aliphatic hydroxyl groups is 6. The van der Waals surface area contributed by atoms with Crippen LogP contribution in [0.15, 0.2) is 18.2 Å². The fourth-order valence-electron chi connectivity index (χ4n) is 6.94. The third-order valence-electron chi connectivity index (χ3n) is 10.8. The molecule has 2 bridgehead atoms. The summed E-state index contributed by atoms with van der Waals surface area (Å²) in [6, 6.07) is 4.15. The fourth-order valence-corrected chi connectivity index (χ4v) is 6.94. The van der Waals surface area contributed by atoms with Gasteiger partial charge in [-0.25, -0.2) is 0 Å². The van der Waals surface area contributed by atoms with Crippen LogP contribution in [0.2, 0.25) is 0 Å².